The number of aromatic nitrogens is 1. The number of ketones is 2. The SMILES string of the molecule is CCc1c2c(n(C)c1CN(C)C)C(=O)C(=O)c1ccc(Br)cc1-2. The highest BCUT2D eigenvalue weighted by molar-refractivity contribution is 9.10. The van der Waals surface area contributed by atoms with Gasteiger partial charge in [-0.1, -0.05) is 22.9 Å². The third-order valence-corrected chi connectivity index (χ3v) is 4.86. The summed E-state index contributed by atoms with van der Waals surface area (Å²) in [5.41, 5.74) is 5.05. The molecule has 0 N–H and O–H groups in total. The Morgan fingerprint density at radius 3 is 2.43 bits per heavy atom. The summed E-state index contributed by atoms with van der Waals surface area (Å²) < 4.78 is 2.81. The van der Waals surface area contributed by atoms with Gasteiger partial charge in [0.2, 0.25) is 5.78 Å². The zero-order chi connectivity index (χ0) is 16.9. The second kappa shape index (κ2) is 5.73. The first-order chi connectivity index (χ1) is 10.9. The smallest absolute Gasteiger partial charge is 0.250 e. The summed E-state index contributed by atoms with van der Waals surface area (Å²) in [4.78, 5) is 27.2. The lowest BCUT2D eigenvalue weighted by atomic mass is 9.85. The normalized spacial score (nSPS) is 13.5. The molecule has 1 aliphatic carbocycles. The van der Waals surface area contributed by atoms with Gasteiger partial charge in [-0.2, -0.15) is 0 Å². The molecular weight excluding hydrogens is 356 g/mol. The fourth-order valence-electron chi connectivity index (χ4n) is 3.38. The minimum absolute atomic E-state index is 0.406. The Balaban J connectivity index is 2.39. The fourth-order valence-corrected chi connectivity index (χ4v) is 3.74. The van der Waals surface area contributed by atoms with Crippen LogP contribution in [0.25, 0.3) is 11.1 Å². The van der Waals surface area contributed by atoms with Gasteiger partial charge in [0.15, 0.2) is 0 Å². The third kappa shape index (κ3) is 2.39. The van der Waals surface area contributed by atoms with Crippen LogP contribution in [0.4, 0.5) is 0 Å². The van der Waals surface area contributed by atoms with Crippen LogP contribution in [0.2, 0.25) is 0 Å². The Labute approximate surface area is 144 Å². The molecular formula is C18H19BrN2O2. The average Bonchev–Trinajstić information content (AvgIpc) is 2.77. The highest BCUT2D eigenvalue weighted by atomic mass is 79.9. The first-order valence-electron chi connectivity index (χ1n) is 7.60. The van der Waals surface area contributed by atoms with Gasteiger partial charge in [-0.3, -0.25) is 9.59 Å². The molecule has 0 aliphatic heterocycles. The van der Waals surface area contributed by atoms with Crippen LogP contribution in [-0.2, 0) is 20.0 Å². The van der Waals surface area contributed by atoms with Crippen molar-refractivity contribution in [1.82, 2.24) is 9.47 Å². The van der Waals surface area contributed by atoms with Gasteiger partial charge in [-0.25, -0.2) is 0 Å². The van der Waals surface area contributed by atoms with Gasteiger partial charge < -0.3 is 9.47 Å². The van der Waals surface area contributed by atoms with Crippen molar-refractivity contribution in [2.45, 2.75) is 19.9 Å². The van der Waals surface area contributed by atoms with Crippen LogP contribution in [0.15, 0.2) is 22.7 Å². The number of Topliss-reactive ketones (excluding diaryl/α,β-unsaturated/α-hetero) is 2. The summed E-state index contributed by atoms with van der Waals surface area (Å²) in [6.45, 7) is 2.82. The summed E-state index contributed by atoms with van der Waals surface area (Å²) in [5.74, 6) is -0.823. The molecule has 1 heterocycles. The molecule has 0 atom stereocenters. The largest absolute Gasteiger partial charge is 0.343 e. The van der Waals surface area contributed by atoms with Gasteiger partial charge in [-0.15, -0.1) is 0 Å². The number of hydrogen-bond donors (Lipinski definition) is 0. The van der Waals surface area contributed by atoms with Crippen LogP contribution in [0.5, 0.6) is 0 Å². The van der Waals surface area contributed by atoms with Crippen LogP contribution >= 0.6 is 15.9 Å². The van der Waals surface area contributed by atoms with Crippen LogP contribution in [0, 0.1) is 0 Å². The molecule has 2 aromatic rings. The second-order valence-electron chi connectivity index (χ2n) is 6.15. The highest BCUT2D eigenvalue weighted by Crippen LogP contribution is 2.40. The van der Waals surface area contributed by atoms with Gasteiger partial charge in [0.25, 0.3) is 5.78 Å². The lowest BCUT2D eigenvalue weighted by Crippen LogP contribution is -2.24. The molecule has 0 unspecified atom stereocenters. The van der Waals surface area contributed by atoms with E-state index in [2.05, 4.69) is 27.8 Å². The molecule has 1 aliphatic rings. The van der Waals surface area contributed by atoms with E-state index in [4.69, 9.17) is 0 Å². The van der Waals surface area contributed by atoms with Crippen LogP contribution in [0.3, 0.4) is 0 Å². The van der Waals surface area contributed by atoms with Crippen LogP contribution in [0.1, 0.15) is 39.0 Å². The van der Waals surface area contributed by atoms with Crippen molar-refractivity contribution in [3.8, 4) is 11.1 Å². The molecule has 120 valence electrons. The third-order valence-electron chi connectivity index (χ3n) is 4.36. The van der Waals surface area contributed by atoms with E-state index in [9.17, 15) is 9.59 Å². The zero-order valence-electron chi connectivity index (χ0n) is 13.7. The minimum atomic E-state index is -0.417. The van der Waals surface area contributed by atoms with Gasteiger partial charge in [-0.05, 0) is 49.8 Å². The van der Waals surface area contributed by atoms with Gasteiger partial charge in [0.1, 0.15) is 5.69 Å². The zero-order valence-corrected chi connectivity index (χ0v) is 15.3. The molecule has 23 heavy (non-hydrogen) atoms. The van der Waals surface area contributed by atoms with Gasteiger partial charge in [0.05, 0.1) is 0 Å². The molecule has 1 aromatic heterocycles. The van der Waals surface area contributed by atoms with E-state index >= 15 is 0 Å². The average molecular weight is 375 g/mol. The van der Waals surface area contributed by atoms with Crippen LogP contribution < -0.4 is 0 Å². The van der Waals surface area contributed by atoms with Crippen molar-refractivity contribution in [1.29, 1.82) is 0 Å². The summed E-state index contributed by atoms with van der Waals surface area (Å²) in [5, 5.41) is 0. The number of rotatable bonds is 3. The van der Waals surface area contributed by atoms with E-state index in [0.717, 1.165) is 39.8 Å². The molecule has 5 heteroatoms. The van der Waals surface area contributed by atoms with Crippen molar-refractivity contribution >= 4 is 27.5 Å². The Kier molecular flexibility index (Phi) is 4.02. The number of nitrogens with zero attached hydrogens (tertiary/aromatic N) is 2. The second-order valence-corrected chi connectivity index (χ2v) is 7.06. The van der Waals surface area contributed by atoms with E-state index in [-0.39, 0.29) is 0 Å². The van der Waals surface area contributed by atoms with Crippen molar-refractivity contribution in [3.63, 3.8) is 0 Å². The standard InChI is InChI=1S/C18H19BrN2O2/c1-5-11-14(9-20(2)3)21(4)16-15(11)13-8-10(19)6-7-12(13)17(22)18(16)23/h6-8H,5,9H2,1-4H3. The molecule has 0 radical (unpaired) electrons. The molecule has 0 saturated heterocycles. The topological polar surface area (TPSA) is 42.3 Å². The molecule has 3 rings (SSSR count). The van der Waals surface area contributed by atoms with Crippen LogP contribution in [-0.4, -0.2) is 35.1 Å². The number of carbonyl (C=O) groups excluding carboxylic acids is 2. The van der Waals surface area contributed by atoms with Crippen molar-refractivity contribution < 1.29 is 9.59 Å². The Bertz CT molecular complexity index is 834. The molecule has 1 aromatic carbocycles. The number of carbonyl (C=O) groups is 2. The Morgan fingerprint density at radius 2 is 1.83 bits per heavy atom. The molecule has 0 fully saturated rings. The quantitative estimate of drug-likeness (QED) is 0.772. The highest BCUT2D eigenvalue weighted by Gasteiger charge is 2.36. The number of halogens is 1. The van der Waals surface area contributed by atoms with Crippen molar-refractivity contribution in [2.75, 3.05) is 14.1 Å². The molecule has 4 nitrogen and oxygen atoms in total. The monoisotopic (exact) mass is 374 g/mol. The minimum Gasteiger partial charge on any atom is -0.343 e. The fraction of sp³-hybridized carbons (Fsp3) is 0.333. The Morgan fingerprint density at radius 1 is 1.13 bits per heavy atom. The summed E-state index contributed by atoms with van der Waals surface area (Å²) in [7, 11) is 5.89. The van der Waals surface area contributed by atoms with Crippen molar-refractivity contribution in [2.24, 2.45) is 7.05 Å². The van der Waals surface area contributed by atoms with Crippen molar-refractivity contribution in [3.05, 3.63) is 45.2 Å². The van der Waals surface area contributed by atoms with E-state index in [1.54, 1.807) is 6.07 Å². The number of fused-ring (bicyclic) bond motifs is 3. The summed E-state index contributed by atoms with van der Waals surface area (Å²) in [6.07, 6.45) is 0.819. The summed E-state index contributed by atoms with van der Waals surface area (Å²) >= 11 is 3.48. The van der Waals surface area contributed by atoms with E-state index in [1.165, 1.54) is 0 Å². The lowest BCUT2D eigenvalue weighted by molar-refractivity contribution is 0.0810. The maximum atomic E-state index is 12.7. The van der Waals surface area contributed by atoms with E-state index in [0.29, 0.717) is 11.3 Å². The molecule has 0 spiro atoms. The lowest BCUT2D eigenvalue weighted by Gasteiger charge is -2.17. The predicted molar refractivity (Wildman–Crippen MR) is 94.0 cm³/mol. The maximum absolute atomic E-state index is 12.7. The van der Waals surface area contributed by atoms with E-state index < -0.39 is 11.6 Å². The van der Waals surface area contributed by atoms with Gasteiger partial charge in [0, 0.05) is 34.9 Å². The molecule has 0 bridgehead atoms. The summed E-state index contributed by atoms with van der Waals surface area (Å²) in [6, 6.07) is 5.49. The Hall–Kier alpha value is -1.72. The molecule has 0 amide bonds. The number of hydrogen-bond acceptors (Lipinski definition) is 3. The first-order valence-corrected chi connectivity index (χ1v) is 8.40. The molecule has 0 saturated carbocycles. The first kappa shape index (κ1) is 16.1. The number of benzene rings is 1. The predicted octanol–water partition coefficient (Wildman–Crippen LogP) is 3.46. The van der Waals surface area contributed by atoms with Gasteiger partial charge >= 0.3 is 0 Å². The van der Waals surface area contributed by atoms with E-state index in [1.807, 2.05) is 37.8 Å². The maximum Gasteiger partial charge on any atom is 0.250 e.